The normalized spacial score (nSPS) is 12.1. The standard InChI is InChI=1S/C84H56O6/c1-85-51-19-7-45(8-20-51)69-43-71(47-11-23-53(87-3)24-12-47)81-65-39-35-61-57-31-32-58-62-36-40-66-80-68(84-74(50-17-29-56(90-6)30-18-50)70(46-9-21-52(86-2)22-10-46)44-72(82(66)84)48-13-25-54(88-4)26-14-48)42-38-64(78(62)80)60-34-33-59(75(57)76(58)60)63-37-41-67(79(65)77(61)63)83(81)73(69)49-15-27-55(89-5)28-16-49/h7-44H,1-6H3. The smallest absolute Gasteiger partial charge is 0.118 e. The molecule has 6 nitrogen and oxygen atoms in total. The van der Waals surface area contributed by atoms with Crippen LogP contribution >= 0.6 is 0 Å². The zero-order valence-electron chi connectivity index (χ0n) is 50.4. The quantitative estimate of drug-likeness (QED) is 0.0897. The molecule has 0 N–H and O–H groups in total. The molecule has 18 rings (SSSR count). The molecule has 0 atom stereocenters. The molecule has 0 unspecified atom stereocenters. The van der Waals surface area contributed by atoms with Gasteiger partial charge >= 0.3 is 0 Å². The van der Waals surface area contributed by atoms with Crippen molar-refractivity contribution in [2.24, 2.45) is 0 Å². The number of hydrogen-bond acceptors (Lipinski definition) is 6. The van der Waals surface area contributed by atoms with Gasteiger partial charge in [-0.2, -0.15) is 0 Å². The molecule has 90 heavy (non-hydrogen) atoms. The number of rotatable bonds is 12. The summed E-state index contributed by atoms with van der Waals surface area (Å²) in [7, 11) is 10.3. The molecule has 0 aliphatic heterocycles. The van der Waals surface area contributed by atoms with Gasteiger partial charge in [0.05, 0.1) is 42.7 Å². The van der Waals surface area contributed by atoms with E-state index in [0.717, 1.165) is 90.1 Å². The Balaban J connectivity index is 0.895. The van der Waals surface area contributed by atoms with Crippen molar-refractivity contribution in [2.45, 2.75) is 0 Å². The highest BCUT2D eigenvalue weighted by Gasteiger charge is 2.35. The Bertz CT molecular complexity index is 5230. The Labute approximate surface area is 519 Å². The molecule has 0 heterocycles. The molecule has 0 spiro atoms. The summed E-state index contributed by atoms with van der Waals surface area (Å²) < 4.78 is 34.3. The van der Waals surface area contributed by atoms with E-state index in [0.29, 0.717) is 0 Å². The van der Waals surface area contributed by atoms with Crippen molar-refractivity contribution in [3.8, 4) is 146 Å². The Morgan fingerprint density at radius 1 is 0.156 bits per heavy atom. The molecule has 2 aliphatic rings. The molecule has 0 radical (unpaired) electrons. The summed E-state index contributed by atoms with van der Waals surface area (Å²) in [4.78, 5) is 0. The first-order valence-electron chi connectivity index (χ1n) is 30.5. The average Bonchev–Trinajstić information content (AvgIpc) is 1.37. The van der Waals surface area contributed by atoms with Gasteiger partial charge in [-0.05, 0) is 272 Å². The van der Waals surface area contributed by atoms with Crippen molar-refractivity contribution in [1.82, 2.24) is 0 Å². The highest BCUT2D eigenvalue weighted by Crippen LogP contribution is 2.63. The van der Waals surface area contributed by atoms with Crippen molar-refractivity contribution >= 4 is 75.4 Å². The zero-order chi connectivity index (χ0) is 60.2. The monoisotopic (exact) mass is 1160 g/mol. The number of ether oxygens (including phenoxy) is 6. The first-order chi connectivity index (χ1) is 44.4. The fourth-order valence-corrected chi connectivity index (χ4v) is 15.7. The van der Waals surface area contributed by atoms with Gasteiger partial charge < -0.3 is 28.4 Å². The molecule has 0 saturated carbocycles. The van der Waals surface area contributed by atoms with Crippen LogP contribution in [0.3, 0.4) is 0 Å². The maximum atomic E-state index is 5.75. The minimum absolute atomic E-state index is 0.813. The van der Waals surface area contributed by atoms with E-state index in [1.165, 1.54) is 131 Å². The molecular formula is C84H56O6. The number of hydrogen-bond donors (Lipinski definition) is 0. The fourth-order valence-electron chi connectivity index (χ4n) is 15.7. The van der Waals surface area contributed by atoms with E-state index in [-0.39, 0.29) is 0 Å². The van der Waals surface area contributed by atoms with Crippen LogP contribution in [-0.4, -0.2) is 42.7 Å². The molecule has 0 bridgehead atoms. The van der Waals surface area contributed by atoms with Gasteiger partial charge in [0.25, 0.3) is 0 Å². The van der Waals surface area contributed by atoms with Gasteiger partial charge in [0.2, 0.25) is 0 Å². The minimum atomic E-state index is 0.813. The minimum Gasteiger partial charge on any atom is -0.497 e. The molecule has 6 heteroatoms. The topological polar surface area (TPSA) is 55.4 Å². The Kier molecular flexibility index (Phi) is 11.3. The summed E-state index contributed by atoms with van der Waals surface area (Å²) in [6.07, 6.45) is 0. The van der Waals surface area contributed by atoms with Crippen LogP contribution in [0.25, 0.3) is 187 Å². The molecule has 16 aromatic rings. The van der Waals surface area contributed by atoms with Crippen LogP contribution in [0.5, 0.6) is 34.5 Å². The van der Waals surface area contributed by atoms with Crippen LogP contribution < -0.4 is 28.4 Å². The Morgan fingerprint density at radius 3 is 0.578 bits per heavy atom. The van der Waals surface area contributed by atoms with E-state index in [9.17, 15) is 0 Å². The maximum Gasteiger partial charge on any atom is 0.118 e. The van der Waals surface area contributed by atoms with Gasteiger partial charge in [-0.25, -0.2) is 0 Å². The summed E-state index contributed by atoms with van der Waals surface area (Å²) >= 11 is 0. The lowest BCUT2D eigenvalue weighted by atomic mass is 9.82. The lowest BCUT2D eigenvalue weighted by Gasteiger charge is -2.21. The van der Waals surface area contributed by atoms with Crippen LogP contribution in [0.15, 0.2) is 231 Å². The van der Waals surface area contributed by atoms with Crippen LogP contribution in [0, 0.1) is 0 Å². The molecule has 0 aromatic heterocycles. The molecular weight excluding hydrogens is 1100 g/mol. The predicted molar refractivity (Wildman–Crippen MR) is 372 cm³/mol. The van der Waals surface area contributed by atoms with Gasteiger partial charge in [-0.1, -0.05) is 146 Å². The van der Waals surface area contributed by atoms with Crippen molar-refractivity contribution in [2.75, 3.05) is 42.7 Å². The second kappa shape index (κ2) is 19.6. The summed E-state index contributed by atoms with van der Waals surface area (Å²) in [6, 6.07) is 84.9. The van der Waals surface area contributed by atoms with E-state index in [2.05, 4.69) is 231 Å². The summed E-state index contributed by atoms with van der Waals surface area (Å²) in [5.74, 6) is 4.89. The third-order valence-corrected chi connectivity index (χ3v) is 19.7. The van der Waals surface area contributed by atoms with Crippen molar-refractivity contribution in [1.29, 1.82) is 0 Å². The Hall–Kier alpha value is -11.3. The average molecular weight is 1160 g/mol. The SMILES string of the molecule is COc1ccc(-c2cc(-c3ccc(OC)cc3)c3c(c2-c2ccc(OC)cc2)-c2ccc4c5ccc6c7ccc8c9c(ccc(c%10ccc(c%11ccc-3c2c%114)c5c%106)c97)-c2c(-c3ccc(OC)cc3)cc(-c3ccc(OC)cc3)c(-c3ccc(OC)cc3)c2-8)cc1. The highest BCUT2D eigenvalue weighted by atomic mass is 16.5. The second-order valence-corrected chi connectivity index (χ2v) is 23.8. The van der Waals surface area contributed by atoms with E-state index in [4.69, 9.17) is 28.4 Å². The van der Waals surface area contributed by atoms with Gasteiger partial charge in [0.15, 0.2) is 0 Å². The molecule has 0 amide bonds. The van der Waals surface area contributed by atoms with E-state index in [1.807, 2.05) is 0 Å². The van der Waals surface area contributed by atoms with E-state index >= 15 is 0 Å². The number of methoxy groups -OCH3 is 6. The van der Waals surface area contributed by atoms with Gasteiger partial charge in [-0.3, -0.25) is 0 Å². The maximum absolute atomic E-state index is 5.75. The number of benzene rings is 16. The molecule has 0 fully saturated rings. The third-order valence-electron chi connectivity index (χ3n) is 19.7. The fraction of sp³-hybridized carbons (Fsp3) is 0.0714. The van der Waals surface area contributed by atoms with Crippen LogP contribution in [0.2, 0.25) is 0 Å². The largest absolute Gasteiger partial charge is 0.497 e. The highest BCUT2D eigenvalue weighted by molar-refractivity contribution is 6.45. The molecule has 16 aromatic carbocycles. The summed E-state index contributed by atoms with van der Waals surface area (Å²) in [5.41, 5.74) is 23.4. The first-order valence-corrected chi connectivity index (χ1v) is 30.5. The van der Waals surface area contributed by atoms with Crippen LogP contribution in [-0.2, 0) is 0 Å². The lowest BCUT2D eigenvalue weighted by Crippen LogP contribution is -1.95. The van der Waals surface area contributed by atoms with E-state index in [1.54, 1.807) is 42.7 Å². The zero-order valence-corrected chi connectivity index (χ0v) is 50.4. The van der Waals surface area contributed by atoms with Crippen LogP contribution in [0.1, 0.15) is 0 Å². The van der Waals surface area contributed by atoms with Crippen molar-refractivity contribution < 1.29 is 28.4 Å². The molecule has 0 saturated heterocycles. The summed E-state index contributed by atoms with van der Waals surface area (Å²) in [6.45, 7) is 0. The van der Waals surface area contributed by atoms with Gasteiger partial charge in [0, 0.05) is 0 Å². The first kappa shape index (κ1) is 51.8. The second-order valence-electron chi connectivity index (χ2n) is 23.8. The molecule has 2 aliphatic carbocycles. The summed E-state index contributed by atoms with van der Waals surface area (Å²) in [5, 5.41) is 17.8. The van der Waals surface area contributed by atoms with Crippen molar-refractivity contribution in [3.63, 3.8) is 0 Å². The number of fused-ring (bicyclic) bond motifs is 10. The van der Waals surface area contributed by atoms with Gasteiger partial charge in [0.1, 0.15) is 34.5 Å². The van der Waals surface area contributed by atoms with Gasteiger partial charge in [-0.15, -0.1) is 0 Å². The van der Waals surface area contributed by atoms with Crippen molar-refractivity contribution in [3.05, 3.63) is 231 Å². The Morgan fingerprint density at radius 2 is 0.344 bits per heavy atom. The lowest BCUT2D eigenvalue weighted by molar-refractivity contribution is 0.414. The van der Waals surface area contributed by atoms with E-state index < -0.39 is 0 Å². The van der Waals surface area contributed by atoms with Crippen LogP contribution in [0.4, 0.5) is 0 Å². The predicted octanol–water partition coefficient (Wildman–Crippen LogP) is 22.0. The third kappa shape index (κ3) is 7.21. The molecule has 428 valence electrons.